The molecular formula is C20H17N3O2S. The van der Waals surface area contributed by atoms with Gasteiger partial charge in [0.1, 0.15) is 11.9 Å². The number of carbonyl (C=O) groups is 1. The first-order valence-corrected chi connectivity index (χ1v) is 9.21. The molecule has 1 aromatic carbocycles. The Morgan fingerprint density at radius 1 is 1.35 bits per heavy atom. The number of thiophene rings is 1. The van der Waals surface area contributed by atoms with E-state index in [1.165, 1.54) is 0 Å². The van der Waals surface area contributed by atoms with Crippen molar-refractivity contribution in [1.29, 1.82) is 0 Å². The molecule has 3 heterocycles. The molecule has 4 rings (SSSR count). The van der Waals surface area contributed by atoms with E-state index in [2.05, 4.69) is 21.4 Å². The van der Waals surface area contributed by atoms with Crippen LogP contribution in [0.2, 0.25) is 0 Å². The number of hydrogen-bond donors (Lipinski definition) is 1. The molecule has 0 fully saturated rings. The van der Waals surface area contributed by atoms with Crippen LogP contribution in [0.5, 0.6) is 5.75 Å². The standard InChI is InChI=1S/C20H17N3O2S/c24-20(6-4-17-2-1-9-26-17)23-12-16-11-15-10-14(3-5-19(15)25-16)18-13-21-7-8-22-18/h1-10,13,16H,11-12H2,(H,23,24)/b6-4+/t16-/m0/s1. The Morgan fingerprint density at radius 3 is 3.12 bits per heavy atom. The van der Waals surface area contributed by atoms with Gasteiger partial charge >= 0.3 is 0 Å². The van der Waals surface area contributed by atoms with Gasteiger partial charge in [-0.05, 0) is 41.3 Å². The SMILES string of the molecule is O=C(/C=C/c1cccs1)NC[C@@H]1Cc2cc(-c3cnccn3)ccc2O1. The van der Waals surface area contributed by atoms with Gasteiger partial charge in [-0.25, -0.2) is 0 Å². The normalized spacial score (nSPS) is 15.6. The lowest BCUT2D eigenvalue weighted by Gasteiger charge is -2.10. The summed E-state index contributed by atoms with van der Waals surface area (Å²) in [6.07, 6.45) is 9.17. The van der Waals surface area contributed by atoms with E-state index in [0.29, 0.717) is 6.54 Å². The van der Waals surface area contributed by atoms with Gasteiger partial charge < -0.3 is 10.1 Å². The molecule has 3 aromatic rings. The number of ether oxygens (including phenoxy) is 1. The third kappa shape index (κ3) is 3.81. The number of nitrogens with zero attached hydrogens (tertiary/aromatic N) is 2. The highest BCUT2D eigenvalue weighted by atomic mass is 32.1. The van der Waals surface area contributed by atoms with Gasteiger partial charge in [0.25, 0.3) is 0 Å². The van der Waals surface area contributed by atoms with Crippen molar-refractivity contribution in [2.75, 3.05) is 6.54 Å². The van der Waals surface area contributed by atoms with Crippen molar-refractivity contribution in [2.45, 2.75) is 12.5 Å². The van der Waals surface area contributed by atoms with Crippen molar-refractivity contribution >= 4 is 23.3 Å². The maximum atomic E-state index is 11.9. The summed E-state index contributed by atoms with van der Waals surface area (Å²) in [6.45, 7) is 0.475. The van der Waals surface area contributed by atoms with E-state index in [1.807, 2.05) is 35.7 Å². The minimum absolute atomic E-state index is 0.0544. The largest absolute Gasteiger partial charge is 0.488 e. The van der Waals surface area contributed by atoms with Gasteiger partial charge in [0, 0.05) is 35.3 Å². The lowest BCUT2D eigenvalue weighted by Crippen LogP contribution is -2.33. The first-order chi connectivity index (χ1) is 12.8. The zero-order valence-corrected chi connectivity index (χ0v) is 14.8. The molecule has 130 valence electrons. The number of hydrogen-bond acceptors (Lipinski definition) is 5. The highest BCUT2D eigenvalue weighted by Crippen LogP contribution is 2.32. The van der Waals surface area contributed by atoms with Crippen LogP contribution in [0.4, 0.5) is 0 Å². The number of benzene rings is 1. The van der Waals surface area contributed by atoms with E-state index in [4.69, 9.17) is 4.74 Å². The van der Waals surface area contributed by atoms with E-state index in [1.54, 1.807) is 36.0 Å². The van der Waals surface area contributed by atoms with E-state index in [9.17, 15) is 4.79 Å². The van der Waals surface area contributed by atoms with Crippen LogP contribution in [0.3, 0.4) is 0 Å². The Bertz CT molecular complexity index is 923. The van der Waals surface area contributed by atoms with Gasteiger partial charge in [0.2, 0.25) is 5.91 Å². The maximum Gasteiger partial charge on any atom is 0.244 e. The van der Waals surface area contributed by atoms with Gasteiger partial charge in [-0.3, -0.25) is 14.8 Å². The zero-order chi connectivity index (χ0) is 17.8. The first-order valence-electron chi connectivity index (χ1n) is 8.33. The third-order valence-electron chi connectivity index (χ3n) is 4.11. The Morgan fingerprint density at radius 2 is 2.31 bits per heavy atom. The smallest absolute Gasteiger partial charge is 0.244 e. The van der Waals surface area contributed by atoms with Crippen LogP contribution >= 0.6 is 11.3 Å². The van der Waals surface area contributed by atoms with Gasteiger partial charge in [-0.15, -0.1) is 11.3 Å². The first kappa shape index (κ1) is 16.5. The summed E-state index contributed by atoms with van der Waals surface area (Å²) in [5.74, 6) is 0.754. The molecular weight excluding hydrogens is 346 g/mol. The van der Waals surface area contributed by atoms with Crippen LogP contribution in [0.25, 0.3) is 17.3 Å². The molecule has 1 aliphatic heterocycles. The van der Waals surface area contributed by atoms with Gasteiger partial charge in [-0.2, -0.15) is 0 Å². The summed E-state index contributed by atoms with van der Waals surface area (Å²) in [5.41, 5.74) is 2.98. The van der Waals surface area contributed by atoms with E-state index in [-0.39, 0.29) is 12.0 Å². The lowest BCUT2D eigenvalue weighted by atomic mass is 10.0. The molecule has 1 amide bonds. The molecule has 6 heteroatoms. The van der Waals surface area contributed by atoms with Crippen LogP contribution in [0.15, 0.2) is 60.4 Å². The number of fused-ring (bicyclic) bond motifs is 1. The highest BCUT2D eigenvalue weighted by Gasteiger charge is 2.23. The summed E-state index contributed by atoms with van der Waals surface area (Å²) in [5, 5.41) is 4.88. The fourth-order valence-corrected chi connectivity index (χ4v) is 3.48. The molecule has 26 heavy (non-hydrogen) atoms. The molecule has 2 aromatic heterocycles. The number of amides is 1. The Balaban J connectivity index is 1.34. The minimum atomic E-state index is -0.113. The molecule has 0 saturated heterocycles. The third-order valence-corrected chi connectivity index (χ3v) is 4.94. The van der Waals surface area contributed by atoms with Crippen LogP contribution < -0.4 is 10.1 Å². The Labute approximate surface area is 155 Å². The van der Waals surface area contributed by atoms with Crippen molar-refractivity contribution in [3.8, 4) is 17.0 Å². The second-order valence-electron chi connectivity index (χ2n) is 5.95. The van der Waals surface area contributed by atoms with Crippen molar-refractivity contribution in [3.63, 3.8) is 0 Å². The second-order valence-corrected chi connectivity index (χ2v) is 6.93. The van der Waals surface area contributed by atoms with Crippen molar-refractivity contribution in [1.82, 2.24) is 15.3 Å². The average molecular weight is 363 g/mol. The van der Waals surface area contributed by atoms with Gasteiger partial charge in [-0.1, -0.05) is 6.07 Å². The number of nitrogens with one attached hydrogen (secondary N) is 1. The fraction of sp³-hybridized carbons (Fsp3) is 0.150. The van der Waals surface area contributed by atoms with Crippen LogP contribution in [0, 0.1) is 0 Å². The fourth-order valence-electron chi connectivity index (χ4n) is 2.86. The molecule has 1 N–H and O–H groups in total. The van der Waals surface area contributed by atoms with Crippen molar-refractivity contribution in [3.05, 3.63) is 70.8 Å². The molecule has 0 radical (unpaired) electrons. The minimum Gasteiger partial charge on any atom is -0.488 e. The Hall–Kier alpha value is -2.99. The van der Waals surface area contributed by atoms with Gasteiger partial charge in [0.15, 0.2) is 0 Å². The summed E-state index contributed by atoms with van der Waals surface area (Å²) >= 11 is 1.60. The summed E-state index contributed by atoms with van der Waals surface area (Å²) < 4.78 is 5.93. The van der Waals surface area contributed by atoms with Crippen LogP contribution in [0.1, 0.15) is 10.4 Å². The molecule has 1 aliphatic rings. The molecule has 0 aliphatic carbocycles. The van der Waals surface area contributed by atoms with Crippen molar-refractivity contribution in [2.24, 2.45) is 0 Å². The number of rotatable bonds is 5. The van der Waals surface area contributed by atoms with Crippen LogP contribution in [-0.4, -0.2) is 28.5 Å². The number of aromatic nitrogens is 2. The predicted molar refractivity (Wildman–Crippen MR) is 102 cm³/mol. The molecule has 0 bridgehead atoms. The molecule has 1 atom stereocenters. The average Bonchev–Trinajstić information content (AvgIpc) is 3.34. The topological polar surface area (TPSA) is 64.1 Å². The molecule has 0 unspecified atom stereocenters. The quantitative estimate of drug-likeness (QED) is 0.706. The molecule has 5 nitrogen and oxygen atoms in total. The predicted octanol–water partition coefficient (Wildman–Crippen LogP) is 3.34. The van der Waals surface area contributed by atoms with E-state index < -0.39 is 0 Å². The maximum absolute atomic E-state index is 11.9. The zero-order valence-electron chi connectivity index (χ0n) is 14.0. The van der Waals surface area contributed by atoms with Gasteiger partial charge in [0.05, 0.1) is 18.4 Å². The van der Waals surface area contributed by atoms with E-state index in [0.717, 1.165) is 33.9 Å². The molecule has 0 saturated carbocycles. The summed E-state index contributed by atoms with van der Waals surface area (Å²) in [4.78, 5) is 21.4. The van der Waals surface area contributed by atoms with Crippen LogP contribution in [-0.2, 0) is 11.2 Å². The Kier molecular flexibility index (Phi) is 4.75. The lowest BCUT2D eigenvalue weighted by molar-refractivity contribution is -0.116. The van der Waals surface area contributed by atoms with E-state index >= 15 is 0 Å². The summed E-state index contributed by atoms with van der Waals surface area (Å²) in [7, 11) is 0. The summed E-state index contributed by atoms with van der Waals surface area (Å²) in [6, 6.07) is 9.95. The highest BCUT2D eigenvalue weighted by molar-refractivity contribution is 7.10. The second kappa shape index (κ2) is 7.49. The van der Waals surface area contributed by atoms with Crippen molar-refractivity contribution < 1.29 is 9.53 Å². The molecule has 0 spiro atoms. The number of carbonyl (C=O) groups excluding carboxylic acids is 1. The monoisotopic (exact) mass is 363 g/mol.